The Kier molecular flexibility index (Phi) is 4.07. The number of rotatable bonds is 4. The topological polar surface area (TPSA) is 56.5 Å². The van der Waals surface area contributed by atoms with Crippen LogP contribution in [0, 0.1) is 0 Å². The SMILES string of the molecule is CC(C)n1nnnc1SCc1cc2ccccc2nc1Cl. The zero-order valence-electron chi connectivity index (χ0n) is 11.7. The summed E-state index contributed by atoms with van der Waals surface area (Å²) in [4.78, 5) is 4.43. The van der Waals surface area contributed by atoms with Gasteiger partial charge in [-0.3, -0.25) is 0 Å². The molecule has 0 aliphatic carbocycles. The van der Waals surface area contributed by atoms with Gasteiger partial charge in [-0.05, 0) is 36.4 Å². The van der Waals surface area contributed by atoms with Crippen LogP contribution in [0.4, 0.5) is 0 Å². The van der Waals surface area contributed by atoms with Crippen molar-refractivity contribution in [1.29, 1.82) is 0 Å². The van der Waals surface area contributed by atoms with Crippen LogP contribution in [-0.4, -0.2) is 25.2 Å². The standard InChI is InChI=1S/C14H14ClN5S/c1-9(2)20-14(17-18-19-20)21-8-11-7-10-5-3-4-6-12(10)16-13(11)15/h3-7,9H,8H2,1-2H3. The van der Waals surface area contributed by atoms with E-state index < -0.39 is 0 Å². The summed E-state index contributed by atoms with van der Waals surface area (Å²) in [5.74, 6) is 0.684. The highest BCUT2D eigenvalue weighted by molar-refractivity contribution is 7.98. The Morgan fingerprint density at radius 3 is 2.90 bits per heavy atom. The van der Waals surface area contributed by atoms with Crippen LogP contribution in [0.3, 0.4) is 0 Å². The number of para-hydroxylation sites is 1. The van der Waals surface area contributed by atoms with Crippen molar-refractivity contribution in [1.82, 2.24) is 25.2 Å². The molecule has 0 aliphatic heterocycles. The first kappa shape index (κ1) is 14.3. The van der Waals surface area contributed by atoms with Crippen molar-refractivity contribution in [3.05, 3.63) is 41.0 Å². The van der Waals surface area contributed by atoms with Crippen molar-refractivity contribution >= 4 is 34.3 Å². The molecule has 2 aromatic heterocycles. The number of halogens is 1. The van der Waals surface area contributed by atoms with Gasteiger partial charge in [0, 0.05) is 16.7 Å². The molecule has 0 unspecified atom stereocenters. The van der Waals surface area contributed by atoms with Gasteiger partial charge in [-0.1, -0.05) is 41.6 Å². The van der Waals surface area contributed by atoms with Gasteiger partial charge in [0.15, 0.2) is 0 Å². The second-order valence-electron chi connectivity index (χ2n) is 4.92. The minimum absolute atomic E-state index is 0.229. The van der Waals surface area contributed by atoms with E-state index in [0.29, 0.717) is 10.9 Å². The van der Waals surface area contributed by atoms with Gasteiger partial charge in [0.1, 0.15) is 5.15 Å². The maximum Gasteiger partial charge on any atom is 0.209 e. The number of pyridine rings is 1. The summed E-state index contributed by atoms with van der Waals surface area (Å²) in [7, 11) is 0. The normalized spacial score (nSPS) is 11.4. The lowest BCUT2D eigenvalue weighted by atomic mass is 10.2. The lowest BCUT2D eigenvalue weighted by Gasteiger charge is -2.08. The Morgan fingerprint density at radius 1 is 1.29 bits per heavy atom. The predicted molar refractivity (Wildman–Crippen MR) is 84.5 cm³/mol. The summed E-state index contributed by atoms with van der Waals surface area (Å²) in [6.07, 6.45) is 0. The number of nitrogens with zero attached hydrogens (tertiary/aromatic N) is 5. The largest absolute Gasteiger partial charge is 0.236 e. The number of aromatic nitrogens is 5. The van der Waals surface area contributed by atoms with E-state index in [1.165, 1.54) is 0 Å². The molecule has 2 heterocycles. The van der Waals surface area contributed by atoms with Crippen LogP contribution in [0.5, 0.6) is 0 Å². The van der Waals surface area contributed by atoms with Gasteiger partial charge in [0.05, 0.1) is 11.6 Å². The first-order chi connectivity index (χ1) is 10.1. The van der Waals surface area contributed by atoms with Crippen molar-refractivity contribution in [2.75, 3.05) is 0 Å². The van der Waals surface area contributed by atoms with Crippen molar-refractivity contribution < 1.29 is 0 Å². The van der Waals surface area contributed by atoms with E-state index >= 15 is 0 Å². The number of fused-ring (bicyclic) bond motifs is 1. The molecular weight excluding hydrogens is 306 g/mol. The molecule has 0 N–H and O–H groups in total. The second-order valence-corrected chi connectivity index (χ2v) is 6.22. The average Bonchev–Trinajstić information content (AvgIpc) is 2.93. The highest BCUT2D eigenvalue weighted by Gasteiger charge is 2.12. The van der Waals surface area contributed by atoms with Crippen LogP contribution in [0.25, 0.3) is 10.9 Å². The first-order valence-corrected chi connectivity index (χ1v) is 7.96. The van der Waals surface area contributed by atoms with Gasteiger partial charge >= 0.3 is 0 Å². The van der Waals surface area contributed by atoms with E-state index in [1.54, 1.807) is 16.4 Å². The third-order valence-electron chi connectivity index (χ3n) is 3.06. The van der Waals surface area contributed by atoms with Crippen LogP contribution in [0.2, 0.25) is 5.15 Å². The summed E-state index contributed by atoms with van der Waals surface area (Å²) in [6.45, 7) is 4.09. The van der Waals surface area contributed by atoms with Crippen LogP contribution >= 0.6 is 23.4 Å². The summed E-state index contributed by atoms with van der Waals surface area (Å²) >= 11 is 7.82. The molecule has 3 rings (SSSR count). The van der Waals surface area contributed by atoms with Gasteiger partial charge in [-0.25, -0.2) is 9.67 Å². The van der Waals surface area contributed by atoms with E-state index in [4.69, 9.17) is 11.6 Å². The number of hydrogen-bond donors (Lipinski definition) is 0. The number of tetrazole rings is 1. The fourth-order valence-electron chi connectivity index (χ4n) is 1.98. The Morgan fingerprint density at radius 2 is 2.10 bits per heavy atom. The summed E-state index contributed by atoms with van der Waals surface area (Å²) in [5.41, 5.74) is 1.89. The van der Waals surface area contributed by atoms with Crippen molar-refractivity contribution in [3.8, 4) is 0 Å². The molecule has 3 aromatic rings. The zero-order chi connectivity index (χ0) is 14.8. The Hall–Kier alpha value is -1.66. The summed E-state index contributed by atoms with van der Waals surface area (Å²) in [5, 5.41) is 14.2. The van der Waals surface area contributed by atoms with E-state index in [2.05, 4.69) is 26.6 Å². The highest BCUT2D eigenvalue weighted by Crippen LogP contribution is 2.27. The number of benzene rings is 1. The number of thioether (sulfide) groups is 1. The quantitative estimate of drug-likeness (QED) is 0.541. The van der Waals surface area contributed by atoms with E-state index in [-0.39, 0.29) is 6.04 Å². The smallest absolute Gasteiger partial charge is 0.209 e. The van der Waals surface area contributed by atoms with Gasteiger partial charge in [-0.2, -0.15) is 0 Å². The van der Waals surface area contributed by atoms with Crippen LogP contribution in [0.1, 0.15) is 25.5 Å². The molecule has 5 nitrogen and oxygen atoms in total. The van der Waals surface area contributed by atoms with E-state index in [9.17, 15) is 0 Å². The lowest BCUT2D eigenvalue weighted by molar-refractivity contribution is 0.477. The number of hydrogen-bond acceptors (Lipinski definition) is 5. The van der Waals surface area contributed by atoms with E-state index in [0.717, 1.165) is 21.6 Å². The molecule has 108 valence electrons. The van der Waals surface area contributed by atoms with Crippen LogP contribution in [0.15, 0.2) is 35.5 Å². The lowest BCUT2D eigenvalue weighted by Crippen LogP contribution is -2.04. The molecule has 0 bridgehead atoms. The fraction of sp³-hybridized carbons (Fsp3) is 0.286. The monoisotopic (exact) mass is 319 g/mol. The van der Waals surface area contributed by atoms with Crippen molar-refractivity contribution in [2.24, 2.45) is 0 Å². The van der Waals surface area contributed by atoms with Crippen LogP contribution < -0.4 is 0 Å². The third-order valence-corrected chi connectivity index (χ3v) is 4.37. The molecule has 0 fully saturated rings. The molecule has 0 spiro atoms. The molecule has 1 aromatic carbocycles. The van der Waals surface area contributed by atoms with Crippen molar-refractivity contribution in [3.63, 3.8) is 0 Å². The average molecular weight is 320 g/mol. The molecule has 21 heavy (non-hydrogen) atoms. The maximum absolute atomic E-state index is 6.26. The first-order valence-electron chi connectivity index (χ1n) is 6.60. The molecule has 0 aliphatic rings. The molecular formula is C14H14ClN5S. The Balaban J connectivity index is 1.85. The highest BCUT2D eigenvalue weighted by atomic mass is 35.5. The van der Waals surface area contributed by atoms with Gasteiger partial charge in [-0.15, -0.1) is 5.10 Å². The van der Waals surface area contributed by atoms with Gasteiger partial charge < -0.3 is 0 Å². The predicted octanol–water partition coefficient (Wildman–Crippen LogP) is 3.75. The molecule has 0 saturated carbocycles. The second kappa shape index (κ2) is 5.99. The fourth-order valence-corrected chi connectivity index (χ4v) is 3.25. The Bertz CT molecular complexity index is 771. The van der Waals surface area contributed by atoms with E-state index in [1.807, 2.05) is 38.1 Å². The summed E-state index contributed by atoms with van der Waals surface area (Å²) < 4.78 is 1.80. The van der Waals surface area contributed by atoms with Gasteiger partial charge in [0.25, 0.3) is 0 Å². The summed E-state index contributed by atoms with van der Waals surface area (Å²) in [6, 6.07) is 10.2. The minimum Gasteiger partial charge on any atom is -0.236 e. The molecule has 0 atom stereocenters. The maximum atomic E-state index is 6.26. The third kappa shape index (κ3) is 3.01. The molecule has 0 radical (unpaired) electrons. The van der Waals surface area contributed by atoms with Gasteiger partial charge in [0.2, 0.25) is 5.16 Å². The van der Waals surface area contributed by atoms with Crippen LogP contribution in [-0.2, 0) is 5.75 Å². The molecule has 7 heteroatoms. The Labute approximate surface area is 131 Å². The molecule has 0 amide bonds. The zero-order valence-corrected chi connectivity index (χ0v) is 13.3. The molecule has 0 saturated heterocycles. The van der Waals surface area contributed by atoms with Crippen molar-refractivity contribution in [2.45, 2.75) is 30.8 Å². The minimum atomic E-state index is 0.229.